The van der Waals surface area contributed by atoms with E-state index in [0.29, 0.717) is 18.0 Å². The fourth-order valence-electron chi connectivity index (χ4n) is 3.60. The zero-order chi connectivity index (χ0) is 13.9. The number of likely N-dealkylation sites (tertiary alicyclic amines) is 2. The molecule has 2 unspecified atom stereocenters. The quantitative estimate of drug-likeness (QED) is 0.830. The summed E-state index contributed by atoms with van der Waals surface area (Å²) in [6.45, 7) is 6.60. The predicted molar refractivity (Wildman–Crippen MR) is 80.6 cm³/mol. The van der Waals surface area contributed by atoms with E-state index in [-0.39, 0.29) is 6.04 Å². The number of rotatable bonds is 5. The molecule has 20 heavy (non-hydrogen) atoms. The van der Waals surface area contributed by atoms with Crippen molar-refractivity contribution in [3.8, 4) is 0 Å². The maximum absolute atomic E-state index is 12.6. The highest BCUT2D eigenvalue weighted by molar-refractivity contribution is 5.82. The normalized spacial score (nSPS) is 30.6. The first-order valence-corrected chi connectivity index (χ1v) is 8.53. The molecule has 4 nitrogen and oxygen atoms in total. The summed E-state index contributed by atoms with van der Waals surface area (Å²) in [5, 5.41) is 3.52. The fourth-order valence-corrected chi connectivity index (χ4v) is 3.60. The van der Waals surface area contributed by atoms with E-state index in [9.17, 15) is 4.79 Å². The SMILES string of the molecule is CC(CN1CCCC(NC2CC2)C1=O)N1CCCCC1. The second kappa shape index (κ2) is 6.44. The standard InChI is InChI=1S/C16H29N3O/c1-13(18-9-3-2-4-10-18)12-19-11-5-6-15(16(19)20)17-14-7-8-14/h13-15,17H,2-12H2,1H3. The van der Waals surface area contributed by atoms with Crippen molar-refractivity contribution >= 4 is 5.91 Å². The van der Waals surface area contributed by atoms with Crippen molar-refractivity contribution in [1.29, 1.82) is 0 Å². The van der Waals surface area contributed by atoms with Crippen molar-refractivity contribution < 1.29 is 4.79 Å². The zero-order valence-electron chi connectivity index (χ0n) is 12.8. The van der Waals surface area contributed by atoms with Crippen LogP contribution in [0.1, 0.15) is 51.9 Å². The molecule has 3 fully saturated rings. The van der Waals surface area contributed by atoms with Crippen LogP contribution < -0.4 is 5.32 Å². The number of hydrogen-bond donors (Lipinski definition) is 1. The zero-order valence-corrected chi connectivity index (χ0v) is 12.8. The van der Waals surface area contributed by atoms with Crippen molar-refractivity contribution in [2.75, 3.05) is 26.2 Å². The molecule has 1 amide bonds. The number of amides is 1. The molecule has 2 heterocycles. The molecule has 0 bridgehead atoms. The predicted octanol–water partition coefficient (Wildman–Crippen LogP) is 1.60. The van der Waals surface area contributed by atoms with Gasteiger partial charge in [0.2, 0.25) is 5.91 Å². The van der Waals surface area contributed by atoms with Gasteiger partial charge in [0.25, 0.3) is 0 Å². The van der Waals surface area contributed by atoms with Gasteiger partial charge in [-0.1, -0.05) is 6.42 Å². The van der Waals surface area contributed by atoms with Crippen LogP contribution in [0.3, 0.4) is 0 Å². The van der Waals surface area contributed by atoms with Gasteiger partial charge >= 0.3 is 0 Å². The third-order valence-corrected chi connectivity index (χ3v) is 5.04. The summed E-state index contributed by atoms with van der Waals surface area (Å²) in [6, 6.07) is 1.24. The van der Waals surface area contributed by atoms with Crippen LogP contribution in [0.2, 0.25) is 0 Å². The lowest BCUT2D eigenvalue weighted by Crippen LogP contribution is -2.54. The lowest BCUT2D eigenvalue weighted by Gasteiger charge is -2.39. The molecule has 2 atom stereocenters. The van der Waals surface area contributed by atoms with Crippen LogP contribution in [-0.4, -0.2) is 60.0 Å². The van der Waals surface area contributed by atoms with Gasteiger partial charge < -0.3 is 10.2 Å². The summed E-state index contributed by atoms with van der Waals surface area (Å²) in [5.74, 6) is 0.354. The third-order valence-electron chi connectivity index (χ3n) is 5.04. The fraction of sp³-hybridized carbons (Fsp3) is 0.938. The highest BCUT2D eigenvalue weighted by Crippen LogP contribution is 2.23. The highest BCUT2D eigenvalue weighted by Gasteiger charge is 2.34. The molecule has 3 rings (SSSR count). The molecule has 114 valence electrons. The number of nitrogens with one attached hydrogen (secondary N) is 1. The molecule has 0 spiro atoms. The summed E-state index contributed by atoms with van der Waals surface area (Å²) in [4.78, 5) is 17.2. The Morgan fingerprint density at radius 2 is 1.85 bits per heavy atom. The van der Waals surface area contributed by atoms with Gasteiger partial charge in [0.15, 0.2) is 0 Å². The Hall–Kier alpha value is -0.610. The third kappa shape index (κ3) is 3.53. The smallest absolute Gasteiger partial charge is 0.239 e. The second-order valence-electron chi connectivity index (χ2n) is 6.87. The number of piperidine rings is 2. The van der Waals surface area contributed by atoms with E-state index < -0.39 is 0 Å². The van der Waals surface area contributed by atoms with Crippen LogP contribution >= 0.6 is 0 Å². The summed E-state index contributed by atoms with van der Waals surface area (Å²) >= 11 is 0. The van der Waals surface area contributed by atoms with Gasteiger partial charge in [0, 0.05) is 25.2 Å². The van der Waals surface area contributed by atoms with Gasteiger partial charge in [0.1, 0.15) is 0 Å². The van der Waals surface area contributed by atoms with Gasteiger partial charge in [-0.05, 0) is 58.5 Å². The summed E-state index contributed by atoms with van der Waals surface area (Å²) < 4.78 is 0. The molecule has 4 heteroatoms. The minimum Gasteiger partial charge on any atom is -0.340 e. The molecular formula is C16H29N3O. The van der Waals surface area contributed by atoms with E-state index in [1.807, 2.05) is 0 Å². The van der Waals surface area contributed by atoms with Gasteiger partial charge in [-0.15, -0.1) is 0 Å². The number of hydrogen-bond acceptors (Lipinski definition) is 3. The molecule has 1 saturated carbocycles. The average Bonchev–Trinajstić information content (AvgIpc) is 3.28. The van der Waals surface area contributed by atoms with E-state index in [1.165, 1.54) is 45.2 Å². The molecule has 1 N–H and O–H groups in total. The average molecular weight is 279 g/mol. The topological polar surface area (TPSA) is 35.6 Å². The molecule has 2 aliphatic heterocycles. The van der Waals surface area contributed by atoms with Crippen molar-refractivity contribution in [2.45, 2.75) is 70.0 Å². The molecular weight excluding hydrogens is 250 g/mol. The maximum Gasteiger partial charge on any atom is 0.239 e. The van der Waals surface area contributed by atoms with Gasteiger partial charge in [-0.3, -0.25) is 9.69 Å². The summed E-state index contributed by atoms with van der Waals surface area (Å²) in [5.41, 5.74) is 0. The van der Waals surface area contributed by atoms with Gasteiger partial charge in [-0.2, -0.15) is 0 Å². The Bertz CT molecular complexity index is 337. The maximum atomic E-state index is 12.6. The van der Waals surface area contributed by atoms with Crippen LogP contribution in [0.5, 0.6) is 0 Å². The van der Waals surface area contributed by atoms with Gasteiger partial charge in [-0.25, -0.2) is 0 Å². The van der Waals surface area contributed by atoms with Crippen LogP contribution in [0, 0.1) is 0 Å². The molecule has 0 aromatic rings. The first kappa shape index (κ1) is 14.3. The van der Waals surface area contributed by atoms with E-state index in [2.05, 4.69) is 22.0 Å². The Balaban J connectivity index is 1.51. The Morgan fingerprint density at radius 1 is 1.10 bits per heavy atom. The first-order chi connectivity index (χ1) is 9.74. The molecule has 0 aromatic heterocycles. The lowest BCUT2D eigenvalue weighted by atomic mass is 10.0. The molecule has 0 aromatic carbocycles. The van der Waals surface area contributed by atoms with Crippen LogP contribution in [0.15, 0.2) is 0 Å². The van der Waals surface area contributed by atoms with Crippen molar-refractivity contribution in [3.05, 3.63) is 0 Å². The summed E-state index contributed by atoms with van der Waals surface area (Å²) in [6.07, 6.45) is 8.72. The molecule has 0 radical (unpaired) electrons. The Kier molecular flexibility index (Phi) is 4.61. The van der Waals surface area contributed by atoms with E-state index >= 15 is 0 Å². The number of carbonyl (C=O) groups is 1. The van der Waals surface area contributed by atoms with Crippen molar-refractivity contribution in [2.24, 2.45) is 0 Å². The number of carbonyl (C=O) groups excluding carboxylic acids is 1. The number of nitrogens with zero attached hydrogens (tertiary/aromatic N) is 2. The minimum absolute atomic E-state index is 0.102. The second-order valence-corrected chi connectivity index (χ2v) is 6.87. The van der Waals surface area contributed by atoms with Crippen LogP contribution in [0.4, 0.5) is 0 Å². The largest absolute Gasteiger partial charge is 0.340 e. The van der Waals surface area contributed by atoms with E-state index in [1.54, 1.807) is 0 Å². The molecule has 3 aliphatic rings. The van der Waals surface area contributed by atoms with Crippen LogP contribution in [-0.2, 0) is 4.79 Å². The Morgan fingerprint density at radius 3 is 2.55 bits per heavy atom. The minimum atomic E-state index is 0.102. The first-order valence-electron chi connectivity index (χ1n) is 8.53. The lowest BCUT2D eigenvalue weighted by molar-refractivity contribution is -0.136. The monoisotopic (exact) mass is 279 g/mol. The molecule has 2 saturated heterocycles. The van der Waals surface area contributed by atoms with Gasteiger partial charge in [0.05, 0.1) is 6.04 Å². The highest BCUT2D eigenvalue weighted by atomic mass is 16.2. The van der Waals surface area contributed by atoms with Crippen molar-refractivity contribution in [1.82, 2.24) is 15.1 Å². The summed E-state index contributed by atoms with van der Waals surface area (Å²) in [7, 11) is 0. The van der Waals surface area contributed by atoms with Crippen molar-refractivity contribution in [3.63, 3.8) is 0 Å². The molecule has 1 aliphatic carbocycles. The van der Waals surface area contributed by atoms with Crippen LogP contribution in [0.25, 0.3) is 0 Å². The Labute approximate surface area is 122 Å². The van der Waals surface area contributed by atoms with E-state index in [4.69, 9.17) is 0 Å². The van der Waals surface area contributed by atoms with E-state index in [0.717, 1.165) is 25.9 Å².